The molecule has 3 aromatic rings. The molecule has 5 heteroatoms. The Hall–Kier alpha value is -2.82. The molecular formula is C16H14N4O. The molecule has 0 radical (unpaired) electrons. The molecule has 5 nitrogen and oxygen atoms in total. The van der Waals surface area contributed by atoms with E-state index in [2.05, 4.69) is 20.2 Å². The van der Waals surface area contributed by atoms with Gasteiger partial charge in [0.1, 0.15) is 5.69 Å². The van der Waals surface area contributed by atoms with Gasteiger partial charge in [0, 0.05) is 11.8 Å². The highest BCUT2D eigenvalue weighted by Gasteiger charge is 2.13. The fourth-order valence-electron chi connectivity index (χ4n) is 1.95. The zero-order valence-corrected chi connectivity index (χ0v) is 11.8. The number of aryl methyl sites for hydroxylation is 1. The second-order valence-electron chi connectivity index (χ2n) is 4.57. The van der Waals surface area contributed by atoms with E-state index in [4.69, 9.17) is 4.74 Å². The van der Waals surface area contributed by atoms with Gasteiger partial charge in [-0.3, -0.25) is 4.98 Å². The number of hydrogen-bond acceptors (Lipinski definition) is 5. The minimum absolute atomic E-state index is 0.439. The van der Waals surface area contributed by atoms with Crippen molar-refractivity contribution in [3.05, 3.63) is 54.2 Å². The van der Waals surface area contributed by atoms with Crippen LogP contribution in [0.5, 0.6) is 5.88 Å². The zero-order valence-electron chi connectivity index (χ0n) is 11.8. The summed E-state index contributed by atoms with van der Waals surface area (Å²) in [5.74, 6) is 0.887. The molecule has 3 rings (SSSR count). The fraction of sp³-hybridized carbons (Fsp3) is 0.125. The Balaban J connectivity index is 2.06. The number of hydrogen-bond donors (Lipinski definition) is 0. The molecule has 2 aromatic heterocycles. The third-order valence-corrected chi connectivity index (χ3v) is 3.07. The maximum Gasteiger partial charge on any atom is 0.244 e. The minimum atomic E-state index is 0.439. The molecule has 0 aliphatic rings. The van der Waals surface area contributed by atoms with E-state index >= 15 is 0 Å². The van der Waals surface area contributed by atoms with Crippen LogP contribution >= 0.6 is 0 Å². The predicted octanol–water partition coefficient (Wildman–Crippen LogP) is 2.92. The van der Waals surface area contributed by atoms with Crippen molar-refractivity contribution in [2.45, 2.75) is 6.92 Å². The van der Waals surface area contributed by atoms with Gasteiger partial charge in [-0.15, -0.1) is 10.2 Å². The average Bonchev–Trinajstić information content (AvgIpc) is 2.56. The van der Waals surface area contributed by atoms with Gasteiger partial charge >= 0.3 is 0 Å². The van der Waals surface area contributed by atoms with Crippen LogP contribution in [0.25, 0.3) is 22.8 Å². The fourth-order valence-corrected chi connectivity index (χ4v) is 1.95. The summed E-state index contributed by atoms with van der Waals surface area (Å²) < 4.78 is 5.35. The van der Waals surface area contributed by atoms with Crippen LogP contribution in [0.2, 0.25) is 0 Å². The first-order chi connectivity index (χ1) is 10.3. The minimum Gasteiger partial charge on any atom is -0.479 e. The van der Waals surface area contributed by atoms with Crippen molar-refractivity contribution < 1.29 is 4.74 Å². The van der Waals surface area contributed by atoms with Gasteiger partial charge in [0.05, 0.1) is 7.11 Å². The highest BCUT2D eigenvalue weighted by atomic mass is 16.5. The summed E-state index contributed by atoms with van der Waals surface area (Å²) in [6.45, 7) is 2.04. The number of benzene rings is 1. The molecule has 0 aliphatic heterocycles. The SMILES string of the molecule is COc1nc(-c2ccccn2)nnc1-c1ccc(C)cc1. The van der Waals surface area contributed by atoms with Crippen LogP contribution in [0.1, 0.15) is 5.56 Å². The third-order valence-electron chi connectivity index (χ3n) is 3.07. The summed E-state index contributed by atoms with van der Waals surface area (Å²) in [7, 11) is 1.57. The molecule has 2 heterocycles. The molecule has 0 spiro atoms. The Labute approximate surface area is 122 Å². The Morgan fingerprint density at radius 3 is 2.43 bits per heavy atom. The van der Waals surface area contributed by atoms with Gasteiger partial charge < -0.3 is 4.74 Å². The van der Waals surface area contributed by atoms with E-state index in [-0.39, 0.29) is 0 Å². The van der Waals surface area contributed by atoms with Crippen molar-refractivity contribution in [2.75, 3.05) is 7.11 Å². The van der Waals surface area contributed by atoms with Gasteiger partial charge in [0.25, 0.3) is 0 Å². The second-order valence-corrected chi connectivity index (χ2v) is 4.57. The zero-order chi connectivity index (χ0) is 14.7. The van der Waals surface area contributed by atoms with Crippen LogP contribution in [0.4, 0.5) is 0 Å². The molecule has 21 heavy (non-hydrogen) atoms. The first-order valence-corrected chi connectivity index (χ1v) is 6.55. The van der Waals surface area contributed by atoms with E-state index in [0.29, 0.717) is 23.1 Å². The Morgan fingerprint density at radius 2 is 1.76 bits per heavy atom. The molecule has 0 saturated carbocycles. The highest BCUT2D eigenvalue weighted by molar-refractivity contribution is 5.65. The van der Waals surface area contributed by atoms with E-state index in [9.17, 15) is 0 Å². The maximum absolute atomic E-state index is 5.35. The average molecular weight is 278 g/mol. The standard InChI is InChI=1S/C16H14N4O/c1-11-6-8-12(9-7-11)14-16(21-2)18-15(20-19-14)13-5-3-4-10-17-13/h3-10H,1-2H3. The van der Waals surface area contributed by atoms with Gasteiger partial charge in [0.2, 0.25) is 11.7 Å². The van der Waals surface area contributed by atoms with Crippen molar-refractivity contribution >= 4 is 0 Å². The van der Waals surface area contributed by atoms with E-state index < -0.39 is 0 Å². The largest absolute Gasteiger partial charge is 0.479 e. The lowest BCUT2D eigenvalue weighted by molar-refractivity contribution is 0.396. The Kier molecular flexibility index (Phi) is 3.55. The smallest absolute Gasteiger partial charge is 0.244 e. The number of rotatable bonds is 3. The predicted molar refractivity (Wildman–Crippen MR) is 79.8 cm³/mol. The van der Waals surface area contributed by atoms with Crippen LogP contribution in [0.15, 0.2) is 48.7 Å². The first kappa shape index (κ1) is 13.2. The highest BCUT2D eigenvalue weighted by Crippen LogP contribution is 2.26. The number of pyridine rings is 1. The third kappa shape index (κ3) is 2.72. The molecule has 0 bridgehead atoms. The van der Waals surface area contributed by atoms with Crippen molar-refractivity contribution in [2.24, 2.45) is 0 Å². The maximum atomic E-state index is 5.35. The van der Waals surface area contributed by atoms with E-state index in [1.54, 1.807) is 13.3 Å². The van der Waals surface area contributed by atoms with Crippen LogP contribution in [-0.4, -0.2) is 27.3 Å². The quantitative estimate of drug-likeness (QED) is 0.737. The van der Waals surface area contributed by atoms with Crippen molar-refractivity contribution in [3.8, 4) is 28.7 Å². The monoisotopic (exact) mass is 278 g/mol. The molecule has 0 fully saturated rings. The van der Waals surface area contributed by atoms with Gasteiger partial charge in [0.15, 0.2) is 5.69 Å². The summed E-state index contributed by atoms with van der Waals surface area (Å²) in [5.41, 5.74) is 3.39. The van der Waals surface area contributed by atoms with Crippen molar-refractivity contribution in [1.82, 2.24) is 20.2 Å². The summed E-state index contributed by atoms with van der Waals surface area (Å²) in [6, 6.07) is 13.5. The van der Waals surface area contributed by atoms with Crippen LogP contribution in [0.3, 0.4) is 0 Å². The van der Waals surface area contributed by atoms with E-state index in [0.717, 1.165) is 5.56 Å². The van der Waals surface area contributed by atoms with Gasteiger partial charge in [-0.2, -0.15) is 4.98 Å². The summed E-state index contributed by atoms with van der Waals surface area (Å²) >= 11 is 0. The first-order valence-electron chi connectivity index (χ1n) is 6.55. The lowest BCUT2D eigenvalue weighted by Gasteiger charge is -2.07. The number of aromatic nitrogens is 4. The molecule has 0 atom stereocenters. The van der Waals surface area contributed by atoms with Crippen LogP contribution < -0.4 is 4.74 Å². The van der Waals surface area contributed by atoms with Crippen LogP contribution in [-0.2, 0) is 0 Å². The Bertz CT molecular complexity index is 742. The Morgan fingerprint density at radius 1 is 0.952 bits per heavy atom. The molecule has 104 valence electrons. The molecule has 0 aliphatic carbocycles. The van der Waals surface area contributed by atoms with Crippen molar-refractivity contribution in [1.29, 1.82) is 0 Å². The van der Waals surface area contributed by atoms with Gasteiger partial charge in [-0.05, 0) is 19.1 Å². The number of methoxy groups -OCH3 is 1. The molecule has 0 N–H and O–H groups in total. The van der Waals surface area contributed by atoms with Gasteiger partial charge in [-0.1, -0.05) is 35.9 Å². The normalized spacial score (nSPS) is 10.4. The van der Waals surface area contributed by atoms with E-state index in [1.165, 1.54) is 5.56 Å². The molecule has 0 amide bonds. The van der Waals surface area contributed by atoms with Gasteiger partial charge in [-0.25, -0.2) is 0 Å². The lowest BCUT2D eigenvalue weighted by atomic mass is 10.1. The lowest BCUT2D eigenvalue weighted by Crippen LogP contribution is -2.01. The van der Waals surface area contributed by atoms with E-state index in [1.807, 2.05) is 49.4 Å². The summed E-state index contributed by atoms with van der Waals surface area (Å²) in [5, 5.41) is 8.40. The topological polar surface area (TPSA) is 60.8 Å². The molecule has 0 saturated heterocycles. The summed E-state index contributed by atoms with van der Waals surface area (Å²) in [4.78, 5) is 8.62. The molecule has 1 aromatic carbocycles. The number of nitrogens with zero attached hydrogens (tertiary/aromatic N) is 4. The number of ether oxygens (including phenoxy) is 1. The molecule has 0 unspecified atom stereocenters. The molecular weight excluding hydrogens is 264 g/mol. The van der Waals surface area contributed by atoms with Crippen LogP contribution in [0, 0.1) is 6.92 Å². The van der Waals surface area contributed by atoms with Crippen molar-refractivity contribution in [3.63, 3.8) is 0 Å². The second kappa shape index (κ2) is 5.66. The summed E-state index contributed by atoms with van der Waals surface area (Å²) in [6.07, 6.45) is 1.69.